The van der Waals surface area contributed by atoms with Gasteiger partial charge in [0.25, 0.3) is 0 Å². The fraction of sp³-hybridized carbons (Fsp3) is 0.429. The summed E-state index contributed by atoms with van der Waals surface area (Å²) in [6.07, 6.45) is 0.632. The van der Waals surface area contributed by atoms with Crippen molar-refractivity contribution in [3.63, 3.8) is 0 Å². The number of carbonyl (C=O) groups is 2. The molecule has 0 aliphatic heterocycles. The van der Waals surface area contributed by atoms with Gasteiger partial charge in [-0.1, -0.05) is 37.3 Å². The molecule has 0 aliphatic rings. The van der Waals surface area contributed by atoms with E-state index in [1.165, 1.54) is 6.92 Å². The number of hydrogen-bond acceptors (Lipinski definition) is 2. The van der Waals surface area contributed by atoms with Crippen LogP contribution >= 0.6 is 0 Å². The molecule has 0 saturated heterocycles. The maximum atomic E-state index is 11.5. The SMILES string of the molecule is CCC(c1ccccc1)C(C)(NC(C)=O)C(=O)O. The predicted molar refractivity (Wildman–Crippen MR) is 69.3 cm³/mol. The summed E-state index contributed by atoms with van der Waals surface area (Å²) < 4.78 is 0. The van der Waals surface area contributed by atoms with Gasteiger partial charge in [-0.15, -0.1) is 0 Å². The number of amides is 1. The van der Waals surface area contributed by atoms with Crippen LogP contribution in [0.1, 0.15) is 38.7 Å². The van der Waals surface area contributed by atoms with Crippen molar-refractivity contribution in [1.29, 1.82) is 0 Å². The maximum absolute atomic E-state index is 11.5. The van der Waals surface area contributed by atoms with Crippen molar-refractivity contribution >= 4 is 11.9 Å². The first-order valence-corrected chi connectivity index (χ1v) is 5.99. The molecule has 0 aliphatic carbocycles. The molecule has 0 fully saturated rings. The number of rotatable bonds is 5. The lowest BCUT2D eigenvalue weighted by Crippen LogP contribution is -2.55. The topological polar surface area (TPSA) is 66.4 Å². The molecule has 98 valence electrons. The van der Waals surface area contributed by atoms with Gasteiger partial charge in [0.05, 0.1) is 0 Å². The van der Waals surface area contributed by atoms with Crippen molar-refractivity contribution in [2.24, 2.45) is 0 Å². The molecule has 1 aromatic carbocycles. The zero-order valence-corrected chi connectivity index (χ0v) is 10.9. The molecule has 18 heavy (non-hydrogen) atoms. The lowest BCUT2D eigenvalue weighted by molar-refractivity contribution is -0.147. The lowest BCUT2D eigenvalue weighted by Gasteiger charge is -2.34. The van der Waals surface area contributed by atoms with Gasteiger partial charge in [-0.05, 0) is 18.9 Å². The normalized spacial score (nSPS) is 15.5. The van der Waals surface area contributed by atoms with Crippen LogP contribution in [0.5, 0.6) is 0 Å². The highest BCUT2D eigenvalue weighted by Gasteiger charge is 2.42. The molecule has 4 heteroatoms. The summed E-state index contributed by atoms with van der Waals surface area (Å²) in [4.78, 5) is 22.8. The van der Waals surface area contributed by atoms with Gasteiger partial charge < -0.3 is 10.4 Å². The molecule has 1 amide bonds. The molecule has 1 rings (SSSR count). The largest absolute Gasteiger partial charge is 0.479 e. The summed E-state index contributed by atoms with van der Waals surface area (Å²) in [6, 6.07) is 9.39. The van der Waals surface area contributed by atoms with Gasteiger partial charge in [0.1, 0.15) is 5.54 Å². The Bertz CT molecular complexity index is 430. The third-order valence-corrected chi connectivity index (χ3v) is 3.19. The van der Waals surface area contributed by atoms with Gasteiger partial charge in [-0.3, -0.25) is 4.79 Å². The molecule has 0 bridgehead atoms. The predicted octanol–water partition coefficient (Wildman–Crippen LogP) is 2.16. The highest BCUT2D eigenvalue weighted by molar-refractivity contribution is 5.86. The standard InChI is InChI=1S/C14H19NO3/c1-4-12(11-8-6-5-7-9-11)14(3,13(17)18)15-10(2)16/h5-9,12H,4H2,1-3H3,(H,15,16)(H,17,18). The van der Waals surface area contributed by atoms with E-state index in [0.29, 0.717) is 6.42 Å². The number of nitrogens with one attached hydrogen (secondary N) is 1. The van der Waals surface area contributed by atoms with Crippen LogP contribution in [0.4, 0.5) is 0 Å². The van der Waals surface area contributed by atoms with Gasteiger partial charge in [0.15, 0.2) is 0 Å². The first-order chi connectivity index (χ1) is 8.41. The molecular weight excluding hydrogens is 230 g/mol. The third kappa shape index (κ3) is 2.88. The van der Waals surface area contributed by atoms with Crippen molar-refractivity contribution in [3.05, 3.63) is 35.9 Å². The zero-order chi connectivity index (χ0) is 13.8. The van der Waals surface area contributed by atoms with E-state index in [-0.39, 0.29) is 11.8 Å². The van der Waals surface area contributed by atoms with Crippen LogP contribution in [-0.4, -0.2) is 22.5 Å². The van der Waals surface area contributed by atoms with Gasteiger partial charge in [-0.25, -0.2) is 4.79 Å². The molecule has 0 spiro atoms. The Morgan fingerprint density at radius 3 is 2.28 bits per heavy atom. The Labute approximate surface area is 107 Å². The highest BCUT2D eigenvalue weighted by atomic mass is 16.4. The quantitative estimate of drug-likeness (QED) is 0.840. The van der Waals surface area contributed by atoms with E-state index in [1.807, 2.05) is 37.3 Å². The van der Waals surface area contributed by atoms with Crippen molar-refractivity contribution < 1.29 is 14.7 Å². The smallest absolute Gasteiger partial charge is 0.329 e. The first kappa shape index (κ1) is 14.2. The summed E-state index contributed by atoms with van der Waals surface area (Å²) >= 11 is 0. The van der Waals surface area contributed by atoms with Crippen molar-refractivity contribution in [3.8, 4) is 0 Å². The lowest BCUT2D eigenvalue weighted by atomic mass is 9.78. The minimum Gasteiger partial charge on any atom is -0.479 e. The molecule has 2 N–H and O–H groups in total. The second-order valence-electron chi connectivity index (χ2n) is 4.56. The Hall–Kier alpha value is -1.84. The van der Waals surface area contributed by atoms with Crippen LogP contribution in [0.3, 0.4) is 0 Å². The van der Waals surface area contributed by atoms with Gasteiger partial charge in [-0.2, -0.15) is 0 Å². The second-order valence-corrected chi connectivity index (χ2v) is 4.56. The summed E-state index contributed by atoms with van der Waals surface area (Å²) in [5.41, 5.74) is -0.374. The Morgan fingerprint density at radius 1 is 1.33 bits per heavy atom. The van der Waals surface area contributed by atoms with E-state index >= 15 is 0 Å². The van der Waals surface area contributed by atoms with Crippen molar-refractivity contribution in [2.75, 3.05) is 0 Å². The fourth-order valence-electron chi connectivity index (χ4n) is 2.32. The van der Waals surface area contributed by atoms with Gasteiger partial charge in [0, 0.05) is 12.8 Å². The first-order valence-electron chi connectivity index (χ1n) is 5.99. The minimum atomic E-state index is -1.29. The number of carbonyl (C=O) groups excluding carboxylic acids is 1. The van der Waals surface area contributed by atoms with Gasteiger partial charge in [0.2, 0.25) is 5.91 Å². The van der Waals surface area contributed by atoms with E-state index in [0.717, 1.165) is 5.56 Å². The number of hydrogen-bond donors (Lipinski definition) is 2. The van der Waals surface area contributed by atoms with E-state index in [2.05, 4.69) is 5.32 Å². The Morgan fingerprint density at radius 2 is 1.89 bits per heavy atom. The van der Waals surface area contributed by atoms with E-state index in [4.69, 9.17) is 0 Å². The van der Waals surface area contributed by atoms with Crippen LogP contribution in [0.15, 0.2) is 30.3 Å². The maximum Gasteiger partial charge on any atom is 0.329 e. The number of aliphatic carboxylic acids is 1. The zero-order valence-electron chi connectivity index (χ0n) is 10.9. The summed E-state index contributed by atoms with van der Waals surface area (Å²) in [6.45, 7) is 4.80. The van der Waals surface area contributed by atoms with Gasteiger partial charge >= 0.3 is 5.97 Å². The molecule has 4 nitrogen and oxygen atoms in total. The Kier molecular flexibility index (Phi) is 4.48. The third-order valence-electron chi connectivity index (χ3n) is 3.19. The molecule has 2 unspecified atom stereocenters. The van der Waals surface area contributed by atoms with Crippen LogP contribution in [0.25, 0.3) is 0 Å². The fourth-order valence-corrected chi connectivity index (χ4v) is 2.32. The second kappa shape index (κ2) is 5.67. The average Bonchev–Trinajstić information content (AvgIpc) is 2.30. The molecular formula is C14H19NO3. The van der Waals surface area contributed by atoms with Crippen molar-refractivity contribution in [1.82, 2.24) is 5.32 Å². The number of carboxylic acids is 1. The monoisotopic (exact) mass is 249 g/mol. The molecule has 0 aromatic heterocycles. The van der Waals surface area contributed by atoms with Crippen LogP contribution in [0.2, 0.25) is 0 Å². The molecule has 2 atom stereocenters. The van der Waals surface area contributed by atoms with E-state index in [9.17, 15) is 14.7 Å². The van der Waals surface area contributed by atoms with Crippen LogP contribution < -0.4 is 5.32 Å². The molecule has 0 heterocycles. The summed E-state index contributed by atoms with van der Waals surface area (Å²) in [5.74, 6) is -1.62. The van der Waals surface area contributed by atoms with Crippen LogP contribution in [0, 0.1) is 0 Å². The highest BCUT2D eigenvalue weighted by Crippen LogP contribution is 2.31. The summed E-state index contributed by atoms with van der Waals surface area (Å²) in [5, 5.41) is 12.0. The Balaban J connectivity index is 3.17. The molecule has 1 aromatic rings. The van der Waals surface area contributed by atoms with E-state index < -0.39 is 11.5 Å². The summed E-state index contributed by atoms with van der Waals surface area (Å²) in [7, 11) is 0. The van der Waals surface area contributed by atoms with Crippen LogP contribution in [-0.2, 0) is 9.59 Å². The van der Waals surface area contributed by atoms with E-state index in [1.54, 1.807) is 6.92 Å². The van der Waals surface area contributed by atoms with Crippen molar-refractivity contribution in [2.45, 2.75) is 38.6 Å². The minimum absolute atomic E-state index is 0.264. The molecule has 0 radical (unpaired) electrons. The number of carboxylic acid groups (broad SMARTS) is 1. The molecule has 0 saturated carbocycles. The number of benzene rings is 1. The average molecular weight is 249 g/mol.